The number of thiocarbonyl (C=S) groups is 1. The Bertz CT molecular complexity index is 434. The molecule has 2 rings (SSSR count). The van der Waals surface area contributed by atoms with Crippen molar-refractivity contribution in [2.45, 2.75) is 51.9 Å². The Morgan fingerprint density at radius 2 is 2.32 bits per heavy atom. The van der Waals surface area contributed by atoms with E-state index in [2.05, 4.69) is 30.2 Å². The van der Waals surface area contributed by atoms with Crippen molar-refractivity contribution in [1.29, 1.82) is 0 Å². The number of rotatable bonds is 4. The second-order valence-electron chi connectivity index (χ2n) is 5.15. The number of nitrogens with zero attached hydrogens (tertiary/aromatic N) is 1. The molecule has 0 saturated carbocycles. The molecule has 1 aliphatic rings. The summed E-state index contributed by atoms with van der Waals surface area (Å²) in [7, 11) is 0. The van der Waals surface area contributed by atoms with Gasteiger partial charge in [-0.25, -0.2) is 0 Å². The van der Waals surface area contributed by atoms with E-state index in [0.29, 0.717) is 5.92 Å². The summed E-state index contributed by atoms with van der Waals surface area (Å²) in [6.45, 7) is 5.30. The van der Waals surface area contributed by atoms with Gasteiger partial charge in [-0.2, -0.15) is 0 Å². The maximum absolute atomic E-state index is 5.55. The molecule has 0 aromatic carbocycles. The monoisotopic (exact) mass is 298 g/mol. The van der Waals surface area contributed by atoms with Gasteiger partial charge in [0.05, 0.1) is 16.6 Å². The van der Waals surface area contributed by atoms with Gasteiger partial charge < -0.3 is 5.32 Å². The second-order valence-corrected chi connectivity index (χ2v) is 5.59. The van der Waals surface area contributed by atoms with Gasteiger partial charge in [0.2, 0.25) is 0 Å². The molecule has 1 aromatic heterocycles. The summed E-state index contributed by atoms with van der Waals surface area (Å²) >= 11 is 5.55. The molecule has 19 heavy (non-hydrogen) atoms. The number of aromatic nitrogens is 1. The zero-order valence-corrected chi connectivity index (χ0v) is 13.4. The van der Waals surface area contributed by atoms with Gasteiger partial charge >= 0.3 is 0 Å². The summed E-state index contributed by atoms with van der Waals surface area (Å²) in [6, 6.07) is 2.27. The van der Waals surface area contributed by atoms with Crippen LogP contribution in [0.3, 0.4) is 0 Å². The molecule has 0 spiro atoms. The van der Waals surface area contributed by atoms with Crippen molar-refractivity contribution in [3.05, 3.63) is 29.1 Å². The van der Waals surface area contributed by atoms with E-state index in [9.17, 15) is 0 Å². The van der Waals surface area contributed by atoms with Crippen molar-refractivity contribution in [3.8, 4) is 0 Å². The summed E-state index contributed by atoms with van der Waals surface area (Å²) in [5, 5.41) is 3.40. The summed E-state index contributed by atoms with van der Waals surface area (Å²) in [5.41, 5.74) is 3.85. The van der Waals surface area contributed by atoms with Crippen LogP contribution < -0.4 is 5.32 Å². The van der Waals surface area contributed by atoms with Gasteiger partial charge in [-0.05, 0) is 43.7 Å². The number of unbranched alkanes of at least 4 members (excludes halogenated alkanes) is 1. The molecule has 0 radical (unpaired) electrons. The highest BCUT2D eigenvalue weighted by molar-refractivity contribution is 7.80. The third kappa shape index (κ3) is 4.15. The van der Waals surface area contributed by atoms with E-state index >= 15 is 0 Å². The molecule has 1 atom stereocenters. The molecule has 1 aliphatic carbocycles. The molecule has 106 valence electrons. The highest BCUT2D eigenvalue weighted by atomic mass is 35.5. The minimum absolute atomic E-state index is 0. The molecular weight excluding hydrogens is 276 g/mol. The van der Waals surface area contributed by atoms with Gasteiger partial charge in [0, 0.05) is 12.7 Å². The Morgan fingerprint density at radius 1 is 1.53 bits per heavy atom. The molecular formula is C15H23ClN2S. The van der Waals surface area contributed by atoms with Gasteiger partial charge in [0.25, 0.3) is 0 Å². The number of aryl methyl sites for hydroxylation is 2. The fourth-order valence-corrected chi connectivity index (χ4v) is 2.89. The predicted octanol–water partition coefficient (Wildman–Crippen LogP) is 3.95. The molecule has 1 unspecified atom stereocenters. The Morgan fingerprint density at radius 3 is 3.05 bits per heavy atom. The van der Waals surface area contributed by atoms with Crippen LogP contribution in [-0.2, 0) is 6.42 Å². The Hall–Kier alpha value is -0.670. The zero-order chi connectivity index (χ0) is 13.0. The number of halogens is 1. The summed E-state index contributed by atoms with van der Waals surface area (Å²) in [5.74, 6) is 0.334. The maximum Gasteiger partial charge on any atom is 0.0845 e. The van der Waals surface area contributed by atoms with E-state index in [1.165, 1.54) is 36.1 Å². The molecule has 0 fully saturated rings. The molecule has 0 bridgehead atoms. The molecule has 0 amide bonds. The van der Waals surface area contributed by atoms with Crippen molar-refractivity contribution in [1.82, 2.24) is 10.3 Å². The van der Waals surface area contributed by atoms with Gasteiger partial charge in [-0.3, -0.25) is 4.98 Å². The normalized spacial score (nSPS) is 17.3. The Labute approximate surface area is 127 Å². The minimum atomic E-state index is 0. The van der Waals surface area contributed by atoms with Crippen LogP contribution in [-0.4, -0.2) is 16.5 Å². The Kier molecular flexibility index (Phi) is 6.73. The van der Waals surface area contributed by atoms with Crippen LogP contribution >= 0.6 is 24.6 Å². The molecule has 4 heteroatoms. The topological polar surface area (TPSA) is 24.9 Å². The molecule has 2 nitrogen and oxygen atoms in total. The number of pyridine rings is 1. The van der Waals surface area contributed by atoms with Crippen LogP contribution in [0.4, 0.5) is 0 Å². The first-order valence-corrected chi connectivity index (χ1v) is 7.36. The zero-order valence-electron chi connectivity index (χ0n) is 11.7. The Balaban J connectivity index is 0.00000180. The standard InChI is InChI=1S/C15H22N2S.ClH/c1-3-4-8-16-15(18)13-7-5-6-12-9-11(2)10-17-14(12)13;/h9-10,13H,3-8H2,1-2H3,(H,16,18);1H. The smallest absolute Gasteiger partial charge is 0.0845 e. The van der Waals surface area contributed by atoms with Gasteiger partial charge in [0.1, 0.15) is 0 Å². The van der Waals surface area contributed by atoms with Crippen LogP contribution in [0.2, 0.25) is 0 Å². The summed E-state index contributed by atoms with van der Waals surface area (Å²) in [6.07, 6.45) is 7.86. The SMILES string of the molecule is CCCCNC(=S)C1CCCc2cc(C)cnc21.Cl. The van der Waals surface area contributed by atoms with Crippen molar-refractivity contribution in [2.24, 2.45) is 0 Å². The lowest BCUT2D eigenvalue weighted by Crippen LogP contribution is -2.31. The number of nitrogens with one attached hydrogen (secondary N) is 1. The quantitative estimate of drug-likeness (QED) is 0.673. The number of hydrogen-bond donors (Lipinski definition) is 1. The first-order chi connectivity index (χ1) is 8.72. The van der Waals surface area contributed by atoms with Crippen molar-refractivity contribution < 1.29 is 0 Å². The van der Waals surface area contributed by atoms with Crippen molar-refractivity contribution in [3.63, 3.8) is 0 Å². The third-order valence-corrected chi connectivity index (χ3v) is 3.98. The van der Waals surface area contributed by atoms with E-state index < -0.39 is 0 Å². The predicted molar refractivity (Wildman–Crippen MR) is 87.4 cm³/mol. The van der Waals surface area contributed by atoms with E-state index in [-0.39, 0.29) is 12.4 Å². The lowest BCUT2D eigenvalue weighted by Gasteiger charge is -2.25. The van der Waals surface area contributed by atoms with Crippen LogP contribution in [0.25, 0.3) is 0 Å². The molecule has 1 aromatic rings. The average molecular weight is 299 g/mol. The van der Waals surface area contributed by atoms with Crippen molar-refractivity contribution >= 4 is 29.6 Å². The van der Waals surface area contributed by atoms with Crippen LogP contribution in [0, 0.1) is 6.92 Å². The highest BCUT2D eigenvalue weighted by Gasteiger charge is 2.24. The van der Waals surface area contributed by atoms with Gasteiger partial charge in [-0.15, -0.1) is 12.4 Å². The summed E-state index contributed by atoms with van der Waals surface area (Å²) in [4.78, 5) is 5.61. The number of fused-ring (bicyclic) bond motifs is 1. The third-order valence-electron chi connectivity index (χ3n) is 3.55. The van der Waals surface area contributed by atoms with E-state index in [1.807, 2.05) is 6.20 Å². The largest absolute Gasteiger partial charge is 0.379 e. The highest BCUT2D eigenvalue weighted by Crippen LogP contribution is 2.31. The second kappa shape index (κ2) is 7.81. The summed E-state index contributed by atoms with van der Waals surface area (Å²) < 4.78 is 0. The fraction of sp³-hybridized carbons (Fsp3) is 0.600. The van der Waals surface area contributed by atoms with Crippen LogP contribution in [0.15, 0.2) is 12.3 Å². The molecule has 0 saturated heterocycles. The van der Waals surface area contributed by atoms with Gasteiger partial charge in [0.15, 0.2) is 0 Å². The average Bonchev–Trinajstić information content (AvgIpc) is 2.37. The van der Waals surface area contributed by atoms with E-state index in [0.717, 1.165) is 24.4 Å². The first-order valence-electron chi connectivity index (χ1n) is 6.95. The molecule has 1 N–H and O–H groups in total. The minimum Gasteiger partial charge on any atom is -0.379 e. The fourth-order valence-electron chi connectivity index (χ4n) is 2.55. The maximum atomic E-state index is 5.55. The van der Waals surface area contributed by atoms with Crippen molar-refractivity contribution in [2.75, 3.05) is 6.54 Å². The molecule has 1 heterocycles. The van der Waals surface area contributed by atoms with Crippen LogP contribution in [0.1, 0.15) is 55.3 Å². The molecule has 0 aliphatic heterocycles. The van der Waals surface area contributed by atoms with Gasteiger partial charge in [-0.1, -0.05) is 31.6 Å². The lowest BCUT2D eigenvalue weighted by atomic mass is 9.86. The van der Waals surface area contributed by atoms with E-state index in [1.54, 1.807) is 0 Å². The van der Waals surface area contributed by atoms with Crippen LogP contribution in [0.5, 0.6) is 0 Å². The lowest BCUT2D eigenvalue weighted by molar-refractivity contribution is 0.619. The number of hydrogen-bond acceptors (Lipinski definition) is 2. The van der Waals surface area contributed by atoms with E-state index in [4.69, 9.17) is 12.2 Å². The first kappa shape index (κ1) is 16.4.